The molecule has 1 unspecified atom stereocenters. The fraction of sp³-hybridized carbons (Fsp3) is 0.481. The monoisotopic (exact) mass is 432 g/mol. The lowest BCUT2D eigenvalue weighted by Crippen LogP contribution is -2.29. The Morgan fingerprint density at radius 2 is 1.78 bits per heavy atom. The quantitative estimate of drug-likeness (QED) is 0.648. The highest BCUT2D eigenvalue weighted by atomic mass is 16.3. The van der Waals surface area contributed by atoms with Gasteiger partial charge < -0.3 is 15.7 Å². The summed E-state index contributed by atoms with van der Waals surface area (Å²) in [4.78, 5) is 25.3. The number of hydrogen-bond acceptors (Lipinski definition) is 3. The number of amides is 2. The van der Waals surface area contributed by atoms with Crippen LogP contribution in [0.3, 0.4) is 0 Å². The molecule has 0 radical (unpaired) electrons. The standard InChI is InChI=1S/C27H32N2O3/c1-16-7-9-19(14-24(16)30)26(31)28-15-17-8-11-20-18(13-17)10-12-23(20)29-27(32)25-21-5-3-2-4-6-22(21)25/h7-9,11,13-14,21-23,25,30H,2-6,10,12,15H2,1H3,(H,28,31)(H,29,32)/t21-,22+,23?,25-. The maximum atomic E-state index is 12.9. The Labute approximate surface area is 189 Å². The Kier molecular flexibility index (Phi) is 5.66. The van der Waals surface area contributed by atoms with Crippen molar-refractivity contribution in [3.05, 3.63) is 64.2 Å². The molecule has 0 heterocycles. The second kappa shape index (κ2) is 8.61. The first-order valence-electron chi connectivity index (χ1n) is 12.0. The number of hydrogen-bond donors (Lipinski definition) is 3. The number of phenols is 1. The van der Waals surface area contributed by atoms with E-state index in [4.69, 9.17) is 0 Å². The van der Waals surface area contributed by atoms with Gasteiger partial charge in [0.2, 0.25) is 5.91 Å². The van der Waals surface area contributed by atoms with Crippen LogP contribution in [-0.4, -0.2) is 16.9 Å². The average molecular weight is 433 g/mol. The molecule has 3 aliphatic rings. The molecule has 168 valence electrons. The molecule has 0 aliphatic heterocycles. The molecule has 5 rings (SSSR count). The van der Waals surface area contributed by atoms with E-state index in [2.05, 4.69) is 22.8 Å². The van der Waals surface area contributed by atoms with E-state index in [0.29, 0.717) is 23.9 Å². The molecule has 0 saturated heterocycles. The molecule has 0 aromatic heterocycles. The van der Waals surface area contributed by atoms with Crippen molar-refractivity contribution in [3.8, 4) is 5.75 Å². The summed E-state index contributed by atoms with van der Waals surface area (Å²) >= 11 is 0. The first kappa shape index (κ1) is 21.0. The second-order valence-corrected chi connectivity index (χ2v) is 9.81. The Bertz CT molecular complexity index is 1040. The second-order valence-electron chi connectivity index (χ2n) is 9.81. The maximum absolute atomic E-state index is 12.9. The predicted molar refractivity (Wildman–Crippen MR) is 123 cm³/mol. The predicted octanol–water partition coefficient (Wildman–Crippen LogP) is 4.56. The maximum Gasteiger partial charge on any atom is 0.251 e. The zero-order chi connectivity index (χ0) is 22.2. The minimum absolute atomic E-state index is 0.113. The number of aryl methyl sites for hydroxylation is 2. The molecule has 32 heavy (non-hydrogen) atoms. The van der Waals surface area contributed by atoms with Crippen molar-refractivity contribution in [2.75, 3.05) is 0 Å². The van der Waals surface area contributed by atoms with Crippen LogP contribution in [0.5, 0.6) is 5.75 Å². The molecule has 4 atom stereocenters. The first-order chi connectivity index (χ1) is 15.5. The molecule has 2 aromatic rings. The summed E-state index contributed by atoms with van der Waals surface area (Å²) in [5.41, 5.74) is 4.73. The van der Waals surface area contributed by atoms with Crippen molar-refractivity contribution < 1.29 is 14.7 Å². The van der Waals surface area contributed by atoms with Crippen LogP contribution >= 0.6 is 0 Å². The summed E-state index contributed by atoms with van der Waals surface area (Å²) < 4.78 is 0. The van der Waals surface area contributed by atoms with Crippen LogP contribution in [0, 0.1) is 24.7 Å². The number of fused-ring (bicyclic) bond motifs is 2. The summed E-state index contributed by atoms with van der Waals surface area (Å²) in [6.45, 7) is 2.24. The van der Waals surface area contributed by atoms with Crippen LogP contribution in [0.15, 0.2) is 36.4 Å². The molecular formula is C27H32N2O3. The van der Waals surface area contributed by atoms with Gasteiger partial charge in [-0.3, -0.25) is 9.59 Å². The number of rotatable bonds is 5. The van der Waals surface area contributed by atoms with Crippen LogP contribution in [0.2, 0.25) is 0 Å². The normalized spacial score (nSPS) is 25.9. The average Bonchev–Trinajstić information content (AvgIpc) is 3.41. The largest absolute Gasteiger partial charge is 0.508 e. The molecule has 0 bridgehead atoms. The molecule has 2 fully saturated rings. The van der Waals surface area contributed by atoms with Gasteiger partial charge >= 0.3 is 0 Å². The van der Waals surface area contributed by atoms with Crippen molar-refractivity contribution in [3.63, 3.8) is 0 Å². The van der Waals surface area contributed by atoms with E-state index >= 15 is 0 Å². The van der Waals surface area contributed by atoms with Crippen molar-refractivity contribution in [2.45, 2.75) is 64.5 Å². The van der Waals surface area contributed by atoms with Crippen LogP contribution < -0.4 is 10.6 Å². The molecule has 5 nitrogen and oxygen atoms in total. The van der Waals surface area contributed by atoms with Gasteiger partial charge in [-0.05, 0) is 78.8 Å². The van der Waals surface area contributed by atoms with Crippen molar-refractivity contribution >= 4 is 11.8 Å². The van der Waals surface area contributed by atoms with Crippen LogP contribution in [0.1, 0.15) is 77.2 Å². The van der Waals surface area contributed by atoms with Crippen LogP contribution in [0.4, 0.5) is 0 Å². The number of carbonyl (C=O) groups is 2. The van der Waals surface area contributed by atoms with Crippen molar-refractivity contribution in [1.29, 1.82) is 0 Å². The smallest absolute Gasteiger partial charge is 0.251 e. The molecule has 0 spiro atoms. The summed E-state index contributed by atoms with van der Waals surface area (Å²) in [6.07, 6.45) is 8.23. The van der Waals surface area contributed by atoms with Crippen LogP contribution in [0.25, 0.3) is 0 Å². The third-order valence-electron chi connectivity index (χ3n) is 7.74. The van der Waals surface area contributed by atoms with Gasteiger partial charge in [-0.15, -0.1) is 0 Å². The minimum Gasteiger partial charge on any atom is -0.508 e. The third-order valence-corrected chi connectivity index (χ3v) is 7.74. The summed E-state index contributed by atoms with van der Waals surface area (Å²) in [5, 5.41) is 16.1. The van der Waals surface area contributed by atoms with E-state index in [1.807, 2.05) is 6.07 Å². The molecule has 2 amide bonds. The Hall–Kier alpha value is -2.82. The minimum atomic E-state index is -0.201. The van der Waals surface area contributed by atoms with Gasteiger partial charge in [-0.1, -0.05) is 43.5 Å². The molecular weight excluding hydrogens is 400 g/mol. The topological polar surface area (TPSA) is 78.4 Å². The van der Waals surface area contributed by atoms with E-state index < -0.39 is 0 Å². The molecule has 2 aromatic carbocycles. The van der Waals surface area contributed by atoms with E-state index in [9.17, 15) is 14.7 Å². The zero-order valence-corrected chi connectivity index (χ0v) is 18.7. The van der Waals surface area contributed by atoms with Crippen molar-refractivity contribution in [1.82, 2.24) is 10.6 Å². The number of aromatic hydroxyl groups is 1. The highest BCUT2D eigenvalue weighted by Gasteiger charge is 2.54. The van der Waals surface area contributed by atoms with Gasteiger partial charge in [0, 0.05) is 18.0 Å². The Balaban J connectivity index is 1.18. The third kappa shape index (κ3) is 4.13. The number of carbonyl (C=O) groups excluding carboxylic acids is 2. The summed E-state index contributed by atoms with van der Waals surface area (Å²) in [5.74, 6) is 1.68. The number of benzene rings is 2. The lowest BCUT2D eigenvalue weighted by molar-refractivity contribution is -0.123. The van der Waals surface area contributed by atoms with E-state index in [1.165, 1.54) is 49.3 Å². The van der Waals surface area contributed by atoms with E-state index in [1.54, 1.807) is 19.1 Å². The fourth-order valence-corrected chi connectivity index (χ4v) is 5.79. The van der Waals surface area contributed by atoms with E-state index in [0.717, 1.165) is 24.0 Å². The lowest BCUT2D eigenvalue weighted by Gasteiger charge is -2.15. The van der Waals surface area contributed by atoms with Gasteiger partial charge in [0.15, 0.2) is 0 Å². The first-order valence-corrected chi connectivity index (χ1v) is 12.0. The Morgan fingerprint density at radius 1 is 1.00 bits per heavy atom. The zero-order valence-electron chi connectivity index (χ0n) is 18.7. The van der Waals surface area contributed by atoms with Crippen molar-refractivity contribution in [2.24, 2.45) is 17.8 Å². The molecule has 3 N–H and O–H groups in total. The summed E-state index contributed by atoms with van der Waals surface area (Å²) in [7, 11) is 0. The van der Waals surface area contributed by atoms with E-state index in [-0.39, 0.29) is 29.5 Å². The highest BCUT2D eigenvalue weighted by Crippen LogP contribution is 2.54. The summed E-state index contributed by atoms with van der Waals surface area (Å²) in [6, 6.07) is 11.4. The van der Waals surface area contributed by atoms with Crippen LogP contribution in [-0.2, 0) is 17.8 Å². The van der Waals surface area contributed by atoms with Gasteiger partial charge in [-0.25, -0.2) is 0 Å². The SMILES string of the molecule is Cc1ccc(C(=O)NCc2ccc3c(c2)CCC3NC(=O)[C@@H]2[C@@H]3CCCCC[C@@H]32)cc1O. The lowest BCUT2D eigenvalue weighted by atomic mass is 10.0. The van der Waals surface area contributed by atoms with Gasteiger partial charge in [0.25, 0.3) is 5.91 Å². The van der Waals surface area contributed by atoms with Gasteiger partial charge in [-0.2, -0.15) is 0 Å². The fourth-order valence-electron chi connectivity index (χ4n) is 5.79. The van der Waals surface area contributed by atoms with Gasteiger partial charge in [0.05, 0.1) is 6.04 Å². The number of nitrogens with one attached hydrogen (secondary N) is 2. The Morgan fingerprint density at radius 3 is 2.53 bits per heavy atom. The molecule has 5 heteroatoms. The molecule has 2 saturated carbocycles. The number of phenolic OH excluding ortho intramolecular Hbond substituents is 1. The highest BCUT2D eigenvalue weighted by molar-refractivity contribution is 5.94. The molecule has 3 aliphatic carbocycles. The van der Waals surface area contributed by atoms with Gasteiger partial charge in [0.1, 0.15) is 5.75 Å².